The zero-order valence-corrected chi connectivity index (χ0v) is 19.8. The highest BCUT2D eigenvalue weighted by molar-refractivity contribution is 6.00. The minimum Gasteiger partial charge on any atom is -0.496 e. The SMILES string of the molecule is COc1ccccc1-c1nn(-c2ccccc2)cc1C(=O)N1CCC(COc2ccccc2)CC1. The summed E-state index contributed by atoms with van der Waals surface area (Å²) in [5.74, 6) is 2.01. The summed E-state index contributed by atoms with van der Waals surface area (Å²) in [6.07, 6.45) is 3.66. The molecule has 4 aromatic rings. The fraction of sp³-hybridized carbons (Fsp3) is 0.241. The minimum atomic E-state index is -0.00415. The maximum atomic E-state index is 13.7. The molecule has 1 amide bonds. The Bertz CT molecular complexity index is 1260. The molecule has 35 heavy (non-hydrogen) atoms. The average molecular weight is 468 g/mol. The number of nitrogens with zero attached hydrogens (tertiary/aromatic N) is 3. The summed E-state index contributed by atoms with van der Waals surface area (Å²) in [6, 6.07) is 27.4. The van der Waals surface area contributed by atoms with Gasteiger partial charge in [0.2, 0.25) is 0 Å². The lowest BCUT2D eigenvalue weighted by atomic mass is 9.97. The first kappa shape index (κ1) is 22.7. The predicted molar refractivity (Wildman–Crippen MR) is 136 cm³/mol. The summed E-state index contributed by atoms with van der Waals surface area (Å²) in [5, 5.41) is 4.82. The molecule has 3 aromatic carbocycles. The smallest absolute Gasteiger partial charge is 0.257 e. The standard InChI is InChI=1S/C29H29N3O3/c1-34-27-15-9-8-14-25(27)28-26(20-32(30-28)23-10-4-2-5-11-23)29(33)31-18-16-22(17-19-31)21-35-24-12-6-3-7-13-24/h2-15,20,22H,16-19,21H2,1H3. The molecule has 6 heteroatoms. The summed E-state index contributed by atoms with van der Waals surface area (Å²) in [4.78, 5) is 15.7. The largest absolute Gasteiger partial charge is 0.496 e. The first-order chi connectivity index (χ1) is 17.2. The molecule has 1 aliphatic rings. The molecule has 2 heterocycles. The molecule has 5 rings (SSSR count). The van der Waals surface area contributed by atoms with E-state index in [1.807, 2.05) is 96.0 Å². The fourth-order valence-electron chi connectivity index (χ4n) is 4.49. The predicted octanol–water partition coefficient (Wildman–Crippen LogP) is 5.48. The van der Waals surface area contributed by atoms with E-state index in [0.29, 0.717) is 42.6 Å². The van der Waals surface area contributed by atoms with Crippen molar-refractivity contribution >= 4 is 5.91 Å². The second kappa shape index (κ2) is 10.5. The van der Waals surface area contributed by atoms with Gasteiger partial charge in [-0.05, 0) is 55.2 Å². The van der Waals surface area contributed by atoms with E-state index in [4.69, 9.17) is 14.6 Å². The first-order valence-electron chi connectivity index (χ1n) is 12.0. The highest BCUT2D eigenvalue weighted by Crippen LogP contribution is 2.33. The number of carbonyl (C=O) groups excluding carboxylic acids is 1. The van der Waals surface area contributed by atoms with E-state index >= 15 is 0 Å². The number of rotatable bonds is 7. The summed E-state index contributed by atoms with van der Waals surface area (Å²) in [7, 11) is 1.64. The van der Waals surface area contributed by atoms with E-state index in [1.54, 1.807) is 11.8 Å². The van der Waals surface area contributed by atoms with Gasteiger partial charge in [0.25, 0.3) is 5.91 Å². The van der Waals surface area contributed by atoms with Crippen LogP contribution in [0.5, 0.6) is 11.5 Å². The Kier molecular flexibility index (Phi) is 6.80. The number of carbonyl (C=O) groups is 1. The number of piperidine rings is 1. The van der Waals surface area contributed by atoms with E-state index in [1.165, 1.54) is 0 Å². The third-order valence-electron chi connectivity index (χ3n) is 6.46. The molecule has 0 atom stereocenters. The average Bonchev–Trinajstić information content (AvgIpc) is 3.38. The van der Waals surface area contributed by atoms with Crippen molar-refractivity contribution in [2.24, 2.45) is 5.92 Å². The molecule has 1 fully saturated rings. The Morgan fingerprint density at radius 3 is 2.29 bits per heavy atom. The van der Waals surface area contributed by atoms with Gasteiger partial charge in [0.05, 0.1) is 25.0 Å². The molecule has 0 N–H and O–H groups in total. The van der Waals surface area contributed by atoms with Crippen molar-refractivity contribution < 1.29 is 14.3 Å². The third kappa shape index (κ3) is 5.06. The Hall–Kier alpha value is -4.06. The van der Waals surface area contributed by atoms with Gasteiger partial charge in [0, 0.05) is 24.8 Å². The van der Waals surface area contributed by atoms with E-state index in [-0.39, 0.29) is 5.91 Å². The van der Waals surface area contributed by atoms with Crippen LogP contribution in [0.1, 0.15) is 23.2 Å². The van der Waals surface area contributed by atoms with Crippen LogP contribution in [0.2, 0.25) is 0 Å². The summed E-state index contributed by atoms with van der Waals surface area (Å²) < 4.78 is 13.3. The summed E-state index contributed by atoms with van der Waals surface area (Å²) in [6.45, 7) is 2.07. The second-order valence-electron chi connectivity index (χ2n) is 8.73. The first-order valence-corrected chi connectivity index (χ1v) is 12.0. The summed E-state index contributed by atoms with van der Waals surface area (Å²) >= 11 is 0. The van der Waals surface area contributed by atoms with Crippen LogP contribution < -0.4 is 9.47 Å². The maximum absolute atomic E-state index is 13.7. The topological polar surface area (TPSA) is 56.6 Å². The number of benzene rings is 3. The molecule has 0 bridgehead atoms. The molecule has 1 saturated heterocycles. The highest BCUT2D eigenvalue weighted by Gasteiger charge is 2.28. The van der Waals surface area contributed by atoms with Gasteiger partial charge in [-0.25, -0.2) is 4.68 Å². The lowest BCUT2D eigenvalue weighted by molar-refractivity contribution is 0.0662. The van der Waals surface area contributed by atoms with E-state index < -0.39 is 0 Å². The number of aromatic nitrogens is 2. The number of ether oxygens (including phenoxy) is 2. The monoisotopic (exact) mass is 467 g/mol. The van der Waals surface area contributed by atoms with E-state index in [2.05, 4.69) is 0 Å². The van der Waals surface area contributed by atoms with Crippen LogP contribution in [0, 0.1) is 5.92 Å². The van der Waals surface area contributed by atoms with Crippen LogP contribution in [0.4, 0.5) is 0 Å². The van der Waals surface area contributed by atoms with Crippen molar-refractivity contribution in [2.45, 2.75) is 12.8 Å². The Balaban J connectivity index is 1.36. The zero-order chi connectivity index (χ0) is 24.0. The molecular formula is C29H29N3O3. The third-order valence-corrected chi connectivity index (χ3v) is 6.46. The number of likely N-dealkylation sites (tertiary alicyclic amines) is 1. The van der Waals surface area contributed by atoms with Crippen LogP contribution in [-0.4, -0.2) is 47.4 Å². The van der Waals surface area contributed by atoms with Crippen molar-refractivity contribution in [2.75, 3.05) is 26.8 Å². The van der Waals surface area contributed by atoms with Gasteiger partial charge in [-0.2, -0.15) is 5.10 Å². The van der Waals surface area contributed by atoms with Gasteiger partial charge < -0.3 is 14.4 Å². The number of hydrogen-bond acceptors (Lipinski definition) is 4. The van der Waals surface area contributed by atoms with Crippen molar-refractivity contribution in [3.05, 3.63) is 96.7 Å². The second-order valence-corrected chi connectivity index (χ2v) is 8.73. The Morgan fingerprint density at radius 1 is 0.914 bits per heavy atom. The Morgan fingerprint density at radius 2 is 1.57 bits per heavy atom. The van der Waals surface area contributed by atoms with Crippen molar-refractivity contribution in [1.82, 2.24) is 14.7 Å². The maximum Gasteiger partial charge on any atom is 0.257 e. The molecule has 6 nitrogen and oxygen atoms in total. The van der Waals surface area contributed by atoms with Crippen LogP contribution >= 0.6 is 0 Å². The fourth-order valence-corrected chi connectivity index (χ4v) is 4.49. The zero-order valence-electron chi connectivity index (χ0n) is 19.8. The molecule has 0 aliphatic carbocycles. The van der Waals surface area contributed by atoms with Crippen LogP contribution in [-0.2, 0) is 0 Å². The lowest BCUT2D eigenvalue weighted by Gasteiger charge is -2.32. The molecule has 1 aromatic heterocycles. The molecule has 0 radical (unpaired) electrons. The van der Waals surface area contributed by atoms with Gasteiger partial charge in [-0.15, -0.1) is 0 Å². The van der Waals surface area contributed by atoms with Gasteiger partial charge in [-0.1, -0.05) is 48.5 Å². The number of hydrogen-bond donors (Lipinski definition) is 0. The molecule has 0 unspecified atom stereocenters. The van der Waals surface area contributed by atoms with Crippen LogP contribution in [0.25, 0.3) is 16.9 Å². The highest BCUT2D eigenvalue weighted by atomic mass is 16.5. The van der Waals surface area contributed by atoms with E-state index in [9.17, 15) is 4.79 Å². The van der Waals surface area contributed by atoms with Crippen molar-refractivity contribution in [3.8, 4) is 28.4 Å². The molecule has 0 spiro atoms. The van der Waals surface area contributed by atoms with E-state index in [0.717, 1.165) is 29.8 Å². The number of para-hydroxylation sites is 3. The van der Waals surface area contributed by atoms with Crippen molar-refractivity contribution in [1.29, 1.82) is 0 Å². The molecule has 1 aliphatic heterocycles. The number of methoxy groups -OCH3 is 1. The van der Waals surface area contributed by atoms with Crippen LogP contribution in [0.3, 0.4) is 0 Å². The molecule has 178 valence electrons. The van der Waals surface area contributed by atoms with Gasteiger partial charge >= 0.3 is 0 Å². The lowest BCUT2D eigenvalue weighted by Crippen LogP contribution is -2.39. The Labute approximate surface area is 205 Å². The minimum absolute atomic E-state index is 0.00415. The van der Waals surface area contributed by atoms with Gasteiger partial charge in [0.15, 0.2) is 0 Å². The molecular weight excluding hydrogens is 438 g/mol. The van der Waals surface area contributed by atoms with Gasteiger partial charge in [0.1, 0.15) is 17.2 Å². The molecule has 0 saturated carbocycles. The quantitative estimate of drug-likeness (QED) is 0.361. The van der Waals surface area contributed by atoms with Crippen molar-refractivity contribution in [3.63, 3.8) is 0 Å². The van der Waals surface area contributed by atoms with Crippen LogP contribution in [0.15, 0.2) is 91.1 Å². The van der Waals surface area contributed by atoms with Gasteiger partial charge in [-0.3, -0.25) is 4.79 Å². The summed E-state index contributed by atoms with van der Waals surface area (Å²) in [5.41, 5.74) is 2.92. The number of amides is 1. The normalized spacial score (nSPS) is 14.0.